The molecule has 2 aromatic rings. The second-order valence-corrected chi connectivity index (χ2v) is 23.1. The number of hydrogen-bond donors (Lipinski definition) is 0. The summed E-state index contributed by atoms with van der Waals surface area (Å²) in [4.78, 5) is 12.6. The summed E-state index contributed by atoms with van der Waals surface area (Å²) in [7, 11) is -2.65. The van der Waals surface area contributed by atoms with E-state index in [9.17, 15) is 4.79 Å². The number of esters is 1. The van der Waals surface area contributed by atoms with Crippen LogP contribution in [0.2, 0.25) is 10.1 Å². The smallest absolute Gasteiger partial charge is 0.350 e. The molecule has 57 heavy (non-hydrogen) atoms. The van der Waals surface area contributed by atoms with Gasteiger partial charge in [0.05, 0.1) is 44.2 Å². The Morgan fingerprint density at radius 1 is 0.474 bits per heavy atom. The first-order valence-corrected chi connectivity index (χ1v) is 24.6. The third kappa shape index (κ3) is 16.8. The van der Waals surface area contributed by atoms with E-state index in [0.717, 1.165) is 68.8 Å². The predicted octanol–water partition coefficient (Wildman–Crippen LogP) is 13.9. The van der Waals surface area contributed by atoms with Crippen molar-refractivity contribution in [2.24, 2.45) is 0 Å². The van der Waals surface area contributed by atoms with Gasteiger partial charge in [-0.15, -0.1) is 0 Å². The maximum Gasteiger partial charge on any atom is 0.350 e. The van der Waals surface area contributed by atoms with Gasteiger partial charge < -0.3 is 27.8 Å². The molecule has 5 aliphatic heterocycles. The molecular weight excluding hydrogens is 729 g/mol. The van der Waals surface area contributed by atoms with Gasteiger partial charge >= 0.3 is 14.5 Å². The summed E-state index contributed by atoms with van der Waals surface area (Å²) in [5.41, 5.74) is 0.552. The zero-order valence-electron chi connectivity index (χ0n) is 36.8. The van der Waals surface area contributed by atoms with Crippen LogP contribution in [0.5, 0.6) is 17.2 Å². The molecule has 2 atom stereocenters. The molecule has 320 valence electrons. The first-order chi connectivity index (χ1) is 27.5. The summed E-state index contributed by atoms with van der Waals surface area (Å²) in [6, 6.07) is 15.1. The fourth-order valence-electron chi connectivity index (χ4n) is 8.35. The average Bonchev–Trinajstić information content (AvgIpc) is 3.16. The Bertz CT molecular complexity index is 1400. The minimum atomic E-state index is -2.65. The van der Waals surface area contributed by atoms with Gasteiger partial charge in [-0.05, 0) is 80.6 Å². The van der Waals surface area contributed by atoms with Gasteiger partial charge in [-0.3, -0.25) is 0 Å². The lowest BCUT2D eigenvalue weighted by atomic mass is 10.0. The normalized spacial score (nSPS) is 23.7. The van der Waals surface area contributed by atoms with E-state index < -0.39 is 8.56 Å². The highest BCUT2D eigenvalue weighted by molar-refractivity contribution is 6.73. The standard InChI is InChI=1S/C49H78O7Si/c1-48(2,3)57(49(4,5)6)55-45-25-19-15-11-7-9-13-17-21-37-51-43-33-35-44(36-34-43)53-40-24-39-52-42-31-29-41(30-32-42)47(50)54-38-22-18-14-10-8-12-16-20-26-46(56-57)28-23-27-45/h23,27,29-36,45-46H,7-22,24-26,28,37-40H2,1-6H3/b27-23-. The molecule has 0 saturated heterocycles. The van der Waals surface area contributed by atoms with Crippen molar-refractivity contribution < 1.29 is 32.6 Å². The van der Waals surface area contributed by atoms with Gasteiger partial charge in [0.2, 0.25) is 0 Å². The fourth-order valence-corrected chi connectivity index (χ4v) is 13.4. The molecule has 0 N–H and O–H groups in total. The predicted molar refractivity (Wildman–Crippen MR) is 236 cm³/mol. The summed E-state index contributed by atoms with van der Waals surface area (Å²) in [5, 5.41) is -0.0788. The van der Waals surface area contributed by atoms with E-state index in [1.54, 1.807) is 12.1 Å². The minimum absolute atomic E-state index is 0.0394. The topological polar surface area (TPSA) is 72.5 Å². The van der Waals surface area contributed by atoms with Crippen LogP contribution in [0.3, 0.4) is 0 Å². The van der Waals surface area contributed by atoms with Crippen LogP contribution in [0.1, 0.15) is 180 Å². The Hall–Kier alpha value is -2.81. The number of rotatable bonds is 0. The molecule has 0 amide bonds. The molecule has 5 aliphatic rings. The Kier molecular flexibility index (Phi) is 20.5. The first kappa shape index (κ1) is 46.9. The number of ether oxygens (including phenoxy) is 4. The second-order valence-electron chi connectivity index (χ2n) is 18.4. The van der Waals surface area contributed by atoms with Crippen LogP contribution in [-0.4, -0.2) is 53.2 Å². The highest BCUT2D eigenvalue weighted by Gasteiger charge is 2.60. The molecule has 5 heterocycles. The highest BCUT2D eigenvalue weighted by Crippen LogP contribution is 2.54. The number of benzene rings is 2. The summed E-state index contributed by atoms with van der Waals surface area (Å²) in [6.07, 6.45) is 28.2. The molecule has 2 aromatic carbocycles. The first-order valence-electron chi connectivity index (χ1n) is 22.7. The lowest BCUT2D eigenvalue weighted by molar-refractivity contribution is 0.0489. The number of hydrogen-bond acceptors (Lipinski definition) is 7. The van der Waals surface area contributed by atoms with E-state index in [4.69, 9.17) is 27.8 Å². The minimum Gasteiger partial charge on any atom is -0.494 e. The third-order valence-electron chi connectivity index (χ3n) is 11.4. The average molecular weight is 807 g/mol. The Balaban J connectivity index is 1.27. The molecule has 0 saturated carbocycles. The van der Waals surface area contributed by atoms with Crippen LogP contribution in [0.25, 0.3) is 0 Å². The largest absolute Gasteiger partial charge is 0.494 e. The second kappa shape index (κ2) is 25.0. The number of fused-ring (bicyclic) bond motifs is 2. The van der Waals surface area contributed by atoms with Gasteiger partial charge in [0, 0.05) is 16.5 Å². The van der Waals surface area contributed by atoms with Gasteiger partial charge in [-0.1, -0.05) is 144 Å². The molecule has 0 aliphatic carbocycles. The molecule has 7 rings (SSSR count). The van der Waals surface area contributed by atoms with E-state index in [2.05, 4.69) is 53.7 Å². The number of carbonyl (C=O) groups excluding carboxylic acids is 1. The van der Waals surface area contributed by atoms with E-state index in [0.29, 0.717) is 25.4 Å². The van der Waals surface area contributed by atoms with E-state index in [-0.39, 0.29) is 28.3 Å². The van der Waals surface area contributed by atoms with Crippen molar-refractivity contribution in [2.75, 3.05) is 26.4 Å². The van der Waals surface area contributed by atoms with Crippen molar-refractivity contribution >= 4 is 14.5 Å². The van der Waals surface area contributed by atoms with E-state index in [1.165, 1.54) is 83.5 Å². The highest BCUT2D eigenvalue weighted by atomic mass is 28.4. The van der Waals surface area contributed by atoms with Crippen molar-refractivity contribution in [3.05, 3.63) is 66.2 Å². The van der Waals surface area contributed by atoms with Gasteiger partial charge in [0.25, 0.3) is 0 Å². The van der Waals surface area contributed by atoms with Crippen molar-refractivity contribution in [1.29, 1.82) is 0 Å². The molecule has 0 spiro atoms. The van der Waals surface area contributed by atoms with Crippen LogP contribution < -0.4 is 14.2 Å². The summed E-state index contributed by atoms with van der Waals surface area (Å²) < 4.78 is 37.9. The lowest BCUT2D eigenvalue weighted by Crippen LogP contribution is -2.60. The maximum absolute atomic E-state index is 12.6. The molecule has 0 fully saturated rings. The molecule has 0 radical (unpaired) electrons. The molecule has 2 unspecified atom stereocenters. The molecule has 8 heteroatoms. The molecule has 7 nitrogen and oxygen atoms in total. The Labute approximate surface area is 348 Å². The quantitative estimate of drug-likeness (QED) is 0.149. The number of carbonyl (C=O) groups is 1. The maximum atomic E-state index is 12.6. The zero-order valence-corrected chi connectivity index (χ0v) is 37.8. The monoisotopic (exact) mass is 807 g/mol. The van der Waals surface area contributed by atoms with E-state index >= 15 is 0 Å². The summed E-state index contributed by atoms with van der Waals surface area (Å²) in [5.74, 6) is 2.16. The Morgan fingerprint density at radius 2 is 0.877 bits per heavy atom. The van der Waals surface area contributed by atoms with Gasteiger partial charge in [0.1, 0.15) is 17.2 Å². The SMILES string of the molecule is CC(C)(C)[Si]1(C(C)(C)C)OC2/C=C\CC(CCCCCCCCCCOC(=O)c3ccc(cc3)OCCCOc3ccc(cc3)OCCCCCCCCCC2)O1. The molecule has 6 bridgehead atoms. The van der Waals surface area contributed by atoms with Crippen molar-refractivity contribution in [1.82, 2.24) is 0 Å². The summed E-state index contributed by atoms with van der Waals surface area (Å²) in [6.45, 7) is 16.4. The van der Waals surface area contributed by atoms with Crippen molar-refractivity contribution in [3.8, 4) is 17.2 Å². The molecule has 0 aromatic heterocycles. The van der Waals surface area contributed by atoms with Gasteiger partial charge in [-0.25, -0.2) is 4.79 Å². The van der Waals surface area contributed by atoms with Gasteiger partial charge in [0.15, 0.2) is 0 Å². The van der Waals surface area contributed by atoms with Crippen LogP contribution in [0, 0.1) is 0 Å². The van der Waals surface area contributed by atoms with Crippen molar-refractivity contribution in [2.45, 2.75) is 192 Å². The molecular formula is C49H78O7Si. The zero-order chi connectivity index (χ0) is 40.8. The van der Waals surface area contributed by atoms with E-state index in [1.807, 2.05) is 36.4 Å². The van der Waals surface area contributed by atoms with Crippen LogP contribution in [0.4, 0.5) is 0 Å². The van der Waals surface area contributed by atoms with Gasteiger partial charge in [-0.2, -0.15) is 0 Å². The van der Waals surface area contributed by atoms with Crippen LogP contribution in [0.15, 0.2) is 60.7 Å². The van der Waals surface area contributed by atoms with Crippen LogP contribution >= 0.6 is 0 Å². The van der Waals surface area contributed by atoms with Crippen molar-refractivity contribution in [3.63, 3.8) is 0 Å². The van der Waals surface area contributed by atoms with Crippen LogP contribution in [-0.2, 0) is 13.6 Å². The Morgan fingerprint density at radius 3 is 1.37 bits per heavy atom. The lowest BCUT2D eigenvalue weighted by Gasteiger charge is -2.52. The fraction of sp³-hybridized carbons (Fsp3) is 0.694. The summed E-state index contributed by atoms with van der Waals surface area (Å²) >= 11 is 0. The third-order valence-corrected chi connectivity index (χ3v) is 16.7.